The van der Waals surface area contributed by atoms with Crippen molar-refractivity contribution >= 4 is 23.2 Å². The first-order valence-electron chi connectivity index (χ1n) is 8.01. The summed E-state index contributed by atoms with van der Waals surface area (Å²) in [5, 5.41) is 21.9. The highest BCUT2D eigenvalue weighted by atomic mass is 35.5. The van der Waals surface area contributed by atoms with Crippen molar-refractivity contribution in [2.24, 2.45) is 5.92 Å². The molecule has 7 heteroatoms. The Morgan fingerprint density at radius 3 is 2.60 bits per heavy atom. The fourth-order valence-electron chi connectivity index (χ4n) is 2.67. The number of aliphatic hydroxyl groups excluding tert-OH is 1. The van der Waals surface area contributed by atoms with Gasteiger partial charge >= 0.3 is 0 Å². The molecule has 0 spiro atoms. The molecule has 0 aliphatic heterocycles. The minimum Gasteiger partial charge on any atom is -0.378 e. The van der Waals surface area contributed by atoms with Crippen molar-refractivity contribution in [3.8, 4) is 0 Å². The number of aliphatic hydroxyl groups is 1. The van der Waals surface area contributed by atoms with Crippen molar-refractivity contribution in [2.45, 2.75) is 26.0 Å². The van der Waals surface area contributed by atoms with Crippen LogP contribution in [-0.2, 0) is 4.79 Å². The van der Waals surface area contributed by atoms with Gasteiger partial charge in [0.25, 0.3) is 5.91 Å². The summed E-state index contributed by atoms with van der Waals surface area (Å²) in [4.78, 5) is 12.6. The zero-order chi connectivity index (χ0) is 18.0. The van der Waals surface area contributed by atoms with Crippen molar-refractivity contribution in [1.29, 1.82) is 0 Å². The zero-order valence-corrected chi connectivity index (χ0v) is 14.7. The summed E-state index contributed by atoms with van der Waals surface area (Å²) in [7, 11) is 0. The number of benzene rings is 1. The molecule has 3 aromatic rings. The van der Waals surface area contributed by atoms with Crippen LogP contribution >= 0.6 is 11.6 Å². The van der Waals surface area contributed by atoms with Crippen LogP contribution in [0.5, 0.6) is 0 Å². The second-order valence-corrected chi connectivity index (χ2v) is 6.55. The van der Waals surface area contributed by atoms with E-state index in [9.17, 15) is 9.90 Å². The van der Waals surface area contributed by atoms with Crippen LogP contribution < -0.4 is 5.32 Å². The topological polar surface area (TPSA) is 79.5 Å². The summed E-state index contributed by atoms with van der Waals surface area (Å²) in [6, 6.07) is 11.9. The van der Waals surface area contributed by atoms with Crippen LogP contribution in [0.25, 0.3) is 5.65 Å². The van der Waals surface area contributed by atoms with E-state index < -0.39 is 18.1 Å². The summed E-state index contributed by atoms with van der Waals surface area (Å²) < 4.78 is 1.83. The molecule has 1 unspecified atom stereocenters. The predicted octanol–water partition coefficient (Wildman–Crippen LogP) is 2.93. The van der Waals surface area contributed by atoms with Gasteiger partial charge in [0, 0.05) is 16.8 Å². The van der Waals surface area contributed by atoms with Gasteiger partial charge in [-0.05, 0) is 24.1 Å². The molecule has 1 aromatic carbocycles. The Kier molecular flexibility index (Phi) is 5.01. The van der Waals surface area contributed by atoms with Gasteiger partial charge in [0.2, 0.25) is 0 Å². The first kappa shape index (κ1) is 17.4. The Balaban J connectivity index is 1.87. The maximum Gasteiger partial charge on any atom is 0.254 e. The van der Waals surface area contributed by atoms with Gasteiger partial charge in [0.1, 0.15) is 0 Å². The van der Waals surface area contributed by atoms with E-state index in [-0.39, 0.29) is 5.92 Å². The van der Waals surface area contributed by atoms with E-state index in [1.165, 1.54) is 0 Å². The van der Waals surface area contributed by atoms with E-state index in [4.69, 9.17) is 11.6 Å². The Morgan fingerprint density at radius 2 is 1.88 bits per heavy atom. The minimum absolute atomic E-state index is 0.0509. The number of halogens is 1. The first-order chi connectivity index (χ1) is 12.0. The zero-order valence-electron chi connectivity index (χ0n) is 13.9. The van der Waals surface area contributed by atoms with Gasteiger partial charge in [-0.3, -0.25) is 9.20 Å². The lowest BCUT2D eigenvalue weighted by Gasteiger charge is -2.23. The van der Waals surface area contributed by atoms with E-state index in [1.54, 1.807) is 24.3 Å². The van der Waals surface area contributed by atoms with Gasteiger partial charge < -0.3 is 10.4 Å². The SMILES string of the molecule is CC(C)C(NC(=O)[C@H](O)c1ccccc1Cl)c1nnc2ccccn12. The Bertz CT molecular complexity index is 893. The van der Waals surface area contributed by atoms with Gasteiger partial charge in [0.05, 0.1) is 6.04 Å². The summed E-state index contributed by atoms with van der Waals surface area (Å²) in [6.07, 6.45) is 0.491. The molecular formula is C18H19ClN4O2. The van der Waals surface area contributed by atoms with Crippen molar-refractivity contribution in [2.75, 3.05) is 0 Å². The van der Waals surface area contributed by atoms with Gasteiger partial charge in [-0.1, -0.05) is 49.7 Å². The summed E-state index contributed by atoms with van der Waals surface area (Å²) >= 11 is 6.07. The number of carbonyl (C=O) groups excluding carboxylic acids is 1. The molecule has 0 aliphatic carbocycles. The number of nitrogens with zero attached hydrogens (tertiary/aromatic N) is 3. The average molecular weight is 359 g/mol. The quantitative estimate of drug-likeness (QED) is 0.735. The Morgan fingerprint density at radius 1 is 1.16 bits per heavy atom. The number of hydrogen-bond acceptors (Lipinski definition) is 4. The molecular weight excluding hydrogens is 340 g/mol. The highest BCUT2D eigenvalue weighted by Gasteiger charge is 2.27. The van der Waals surface area contributed by atoms with Crippen LogP contribution in [0.2, 0.25) is 5.02 Å². The number of rotatable bonds is 5. The lowest BCUT2D eigenvalue weighted by atomic mass is 10.0. The molecule has 2 atom stereocenters. The lowest BCUT2D eigenvalue weighted by molar-refractivity contribution is -0.130. The predicted molar refractivity (Wildman–Crippen MR) is 95.1 cm³/mol. The van der Waals surface area contributed by atoms with Crippen LogP contribution in [0.3, 0.4) is 0 Å². The molecule has 6 nitrogen and oxygen atoms in total. The highest BCUT2D eigenvalue weighted by Crippen LogP contribution is 2.25. The number of hydrogen-bond donors (Lipinski definition) is 2. The average Bonchev–Trinajstić information content (AvgIpc) is 3.03. The lowest BCUT2D eigenvalue weighted by Crippen LogP contribution is -2.36. The second-order valence-electron chi connectivity index (χ2n) is 6.14. The minimum atomic E-state index is -1.35. The smallest absolute Gasteiger partial charge is 0.254 e. The van der Waals surface area contributed by atoms with Crippen molar-refractivity contribution in [3.63, 3.8) is 0 Å². The van der Waals surface area contributed by atoms with Crippen LogP contribution in [0.4, 0.5) is 0 Å². The van der Waals surface area contributed by atoms with Crippen LogP contribution in [0.15, 0.2) is 48.7 Å². The third-order valence-electron chi connectivity index (χ3n) is 4.03. The molecule has 0 bridgehead atoms. The third kappa shape index (κ3) is 3.50. The molecule has 0 fully saturated rings. The summed E-state index contributed by atoms with van der Waals surface area (Å²) in [5.74, 6) is 0.139. The number of aromatic nitrogens is 3. The normalized spacial score (nSPS) is 13.8. The Labute approximate surface area is 150 Å². The highest BCUT2D eigenvalue weighted by molar-refractivity contribution is 6.31. The van der Waals surface area contributed by atoms with Gasteiger partial charge in [0.15, 0.2) is 17.6 Å². The van der Waals surface area contributed by atoms with E-state index in [2.05, 4.69) is 15.5 Å². The van der Waals surface area contributed by atoms with E-state index in [1.807, 2.05) is 42.6 Å². The van der Waals surface area contributed by atoms with Gasteiger partial charge in [-0.15, -0.1) is 10.2 Å². The largest absolute Gasteiger partial charge is 0.378 e. The summed E-state index contributed by atoms with van der Waals surface area (Å²) in [5.41, 5.74) is 1.07. The number of carbonyl (C=O) groups is 1. The molecule has 3 rings (SSSR count). The molecule has 1 amide bonds. The van der Waals surface area contributed by atoms with E-state index >= 15 is 0 Å². The van der Waals surface area contributed by atoms with Crippen LogP contribution in [-0.4, -0.2) is 25.6 Å². The second kappa shape index (κ2) is 7.21. The van der Waals surface area contributed by atoms with E-state index in [0.29, 0.717) is 22.1 Å². The van der Waals surface area contributed by atoms with Crippen LogP contribution in [0, 0.1) is 5.92 Å². The maximum absolute atomic E-state index is 12.6. The number of amides is 1. The molecule has 2 N–H and O–H groups in total. The Hall–Kier alpha value is -2.44. The molecule has 25 heavy (non-hydrogen) atoms. The standard InChI is InChI=1S/C18H19ClN4O2/c1-11(2)15(17-22-21-14-9-5-6-10-23(14)17)20-18(25)16(24)12-7-3-4-8-13(12)19/h3-11,15-16,24H,1-2H3,(H,20,25)/t15?,16-/m1/s1. The molecule has 2 heterocycles. The fraction of sp³-hybridized carbons (Fsp3) is 0.278. The third-order valence-corrected chi connectivity index (χ3v) is 4.38. The van der Waals surface area contributed by atoms with Crippen molar-refractivity contribution < 1.29 is 9.90 Å². The van der Waals surface area contributed by atoms with Crippen LogP contribution in [0.1, 0.15) is 37.4 Å². The molecule has 0 saturated heterocycles. The fourth-order valence-corrected chi connectivity index (χ4v) is 2.91. The maximum atomic E-state index is 12.6. The number of nitrogens with one attached hydrogen (secondary N) is 1. The first-order valence-corrected chi connectivity index (χ1v) is 8.39. The monoisotopic (exact) mass is 358 g/mol. The molecule has 0 saturated carbocycles. The van der Waals surface area contributed by atoms with Gasteiger partial charge in [-0.2, -0.15) is 0 Å². The van der Waals surface area contributed by atoms with Gasteiger partial charge in [-0.25, -0.2) is 0 Å². The number of pyridine rings is 1. The molecule has 2 aromatic heterocycles. The molecule has 130 valence electrons. The number of fused-ring (bicyclic) bond motifs is 1. The molecule has 0 aliphatic rings. The van der Waals surface area contributed by atoms with E-state index in [0.717, 1.165) is 0 Å². The van der Waals surface area contributed by atoms with Crippen molar-refractivity contribution in [3.05, 3.63) is 65.1 Å². The summed E-state index contributed by atoms with van der Waals surface area (Å²) in [6.45, 7) is 3.94. The van der Waals surface area contributed by atoms with Crippen molar-refractivity contribution in [1.82, 2.24) is 19.9 Å². The molecule has 0 radical (unpaired) electrons.